The van der Waals surface area contributed by atoms with Crippen LogP contribution in [-0.4, -0.2) is 37.7 Å². The average Bonchev–Trinajstić information content (AvgIpc) is 3.18. The normalized spacial score (nSPS) is 15.9. The smallest absolute Gasteiger partial charge is 0.262 e. The number of aryl methyl sites for hydroxylation is 2. The maximum absolute atomic E-state index is 12.5. The average molecular weight is 382 g/mol. The molecule has 1 saturated heterocycles. The highest BCUT2D eigenvalue weighted by Gasteiger charge is 2.18. The lowest BCUT2D eigenvalue weighted by molar-refractivity contribution is -0.118. The Balaban J connectivity index is 1.57. The molecule has 0 aliphatic carbocycles. The van der Waals surface area contributed by atoms with E-state index in [1.54, 1.807) is 24.3 Å². The van der Waals surface area contributed by atoms with E-state index in [0.717, 1.165) is 30.6 Å². The van der Waals surface area contributed by atoms with Gasteiger partial charge in [0.15, 0.2) is 6.61 Å². The number of hydrogen-bond acceptors (Lipinski definition) is 4. The minimum atomic E-state index is -0.321. The molecule has 148 valence electrons. The van der Waals surface area contributed by atoms with Gasteiger partial charge in [-0.05, 0) is 62.1 Å². The van der Waals surface area contributed by atoms with E-state index in [9.17, 15) is 9.59 Å². The molecule has 0 aromatic heterocycles. The van der Waals surface area contributed by atoms with Gasteiger partial charge < -0.3 is 20.1 Å². The monoisotopic (exact) mass is 382 g/mol. The molecule has 2 N–H and O–H groups in total. The number of rotatable bonds is 7. The number of carbonyl (C=O) groups excluding carboxylic acids is 2. The highest BCUT2D eigenvalue weighted by Crippen LogP contribution is 2.18. The van der Waals surface area contributed by atoms with Crippen LogP contribution in [0.25, 0.3) is 0 Å². The molecular formula is C22H26N2O4. The van der Waals surface area contributed by atoms with Crippen molar-refractivity contribution >= 4 is 17.5 Å². The van der Waals surface area contributed by atoms with Gasteiger partial charge in [0.2, 0.25) is 0 Å². The Morgan fingerprint density at radius 3 is 2.61 bits per heavy atom. The van der Waals surface area contributed by atoms with Crippen molar-refractivity contribution in [3.63, 3.8) is 0 Å². The van der Waals surface area contributed by atoms with Crippen molar-refractivity contribution in [2.24, 2.45) is 0 Å². The lowest BCUT2D eigenvalue weighted by atomic mass is 10.1. The van der Waals surface area contributed by atoms with E-state index >= 15 is 0 Å². The van der Waals surface area contributed by atoms with Crippen LogP contribution in [0.3, 0.4) is 0 Å². The first-order valence-electron chi connectivity index (χ1n) is 9.51. The number of anilines is 1. The fraction of sp³-hybridized carbons (Fsp3) is 0.364. The van der Waals surface area contributed by atoms with Crippen LogP contribution in [-0.2, 0) is 9.53 Å². The number of nitrogens with one attached hydrogen (secondary N) is 2. The van der Waals surface area contributed by atoms with Crippen molar-refractivity contribution < 1.29 is 19.1 Å². The van der Waals surface area contributed by atoms with E-state index in [4.69, 9.17) is 9.47 Å². The standard InChI is InChI=1S/C22H26N2O4/c1-15-10-16(2)12-18(11-15)28-14-21(25)24-20-8-4-3-7-19(20)22(26)23-13-17-6-5-9-27-17/h3-4,7-8,10-12,17H,5-6,9,13-14H2,1-2H3,(H,23,26)(H,24,25). The summed E-state index contributed by atoms with van der Waals surface area (Å²) in [5.41, 5.74) is 3.02. The molecule has 1 atom stereocenters. The Hall–Kier alpha value is -2.86. The van der Waals surface area contributed by atoms with Gasteiger partial charge in [0.1, 0.15) is 5.75 Å². The molecule has 0 bridgehead atoms. The third-order valence-corrected chi connectivity index (χ3v) is 4.53. The van der Waals surface area contributed by atoms with Crippen molar-refractivity contribution in [3.8, 4) is 5.75 Å². The van der Waals surface area contributed by atoms with Gasteiger partial charge in [-0.3, -0.25) is 9.59 Å². The summed E-state index contributed by atoms with van der Waals surface area (Å²) in [5, 5.41) is 5.64. The number of ether oxygens (including phenoxy) is 2. The van der Waals surface area contributed by atoms with Crippen molar-refractivity contribution in [1.82, 2.24) is 5.32 Å². The topological polar surface area (TPSA) is 76.7 Å². The first-order valence-corrected chi connectivity index (χ1v) is 9.51. The Kier molecular flexibility index (Phi) is 6.66. The maximum Gasteiger partial charge on any atom is 0.262 e. The molecule has 6 heteroatoms. The van der Waals surface area contributed by atoms with Crippen LogP contribution in [0.15, 0.2) is 42.5 Å². The minimum Gasteiger partial charge on any atom is -0.484 e. The molecule has 3 rings (SSSR count). The van der Waals surface area contributed by atoms with E-state index < -0.39 is 0 Å². The Bertz CT molecular complexity index is 824. The summed E-state index contributed by atoms with van der Waals surface area (Å²) in [6.07, 6.45) is 2.04. The zero-order chi connectivity index (χ0) is 19.9. The Labute approximate surface area is 165 Å². The number of amides is 2. The highest BCUT2D eigenvalue weighted by molar-refractivity contribution is 6.04. The second-order valence-electron chi connectivity index (χ2n) is 7.05. The van der Waals surface area contributed by atoms with E-state index in [1.165, 1.54) is 0 Å². The number of carbonyl (C=O) groups is 2. The molecule has 1 unspecified atom stereocenters. The zero-order valence-electron chi connectivity index (χ0n) is 16.3. The predicted octanol–water partition coefficient (Wildman–Crippen LogP) is 3.23. The molecule has 1 heterocycles. The molecule has 6 nitrogen and oxygen atoms in total. The number of para-hydroxylation sites is 1. The van der Waals surface area contributed by atoms with E-state index in [1.807, 2.05) is 32.0 Å². The molecule has 0 radical (unpaired) electrons. The first-order chi connectivity index (χ1) is 13.5. The van der Waals surface area contributed by atoms with Crippen molar-refractivity contribution in [3.05, 3.63) is 59.2 Å². The summed E-state index contributed by atoms with van der Waals surface area (Å²) in [6.45, 7) is 5.04. The van der Waals surface area contributed by atoms with Gasteiger partial charge in [-0.25, -0.2) is 0 Å². The fourth-order valence-corrected chi connectivity index (χ4v) is 3.25. The van der Waals surface area contributed by atoms with Crippen molar-refractivity contribution in [2.45, 2.75) is 32.8 Å². The molecule has 28 heavy (non-hydrogen) atoms. The lowest BCUT2D eigenvalue weighted by Crippen LogP contribution is -2.32. The van der Waals surface area contributed by atoms with Crippen LogP contribution in [0.1, 0.15) is 34.3 Å². The number of benzene rings is 2. The van der Waals surface area contributed by atoms with Crippen LogP contribution in [0.2, 0.25) is 0 Å². The Morgan fingerprint density at radius 2 is 1.89 bits per heavy atom. The zero-order valence-corrected chi connectivity index (χ0v) is 16.3. The SMILES string of the molecule is Cc1cc(C)cc(OCC(=O)Nc2ccccc2C(=O)NCC2CCCO2)c1. The molecule has 1 aliphatic rings. The minimum absolute atomic E-state index is 0.0666. The quantitative estimate of drug-likeness (QED) is 0.771. The second-order valence-corrected chi connectivity index (χ2v) is 7.05. The summed E-state index contributed by atoms with van der Waals surface area (Å²) < 4.78 is 11.1. The summed E-state index contributed by atoms with van der Waals surface area (Å²) in [6, 6.07) is 12.7. The van der Waals surface area contributed by atoms with Crippen LogP contribution in [0, 0.1) is 13.8 Å². The molecule has 1 fully saturated rings. The summed E-state index contributed by atoms with van der Waals surface area (Å²) >= 11 is 0. The molecule has 1 aliphatic heterocycles. The molecular weight excluding hydrogens is 356 g/mol. The molecule has 2 amide bonds. The third kappa shape index (κ3) is 5.57. The molecule has 0 spiro atoms. The number of hydrogen-bond donors (Lipinski definition) is 2. The summed E-state index contributed by atoms with van der Waals surface area (Å²) in [7, 11) is 0. The highest BCUT2D eigenvalue weighted by atomic mass is 16.5. The third-order valence-electron chi connectivity index (χ3n) is 4.53. The molecule has 2 aromatic rings. The first kappa shape index (κ1) is 19.9. The van der Waals surface area contributed by atoms with Crippen molar-refractivity contribution in [1.29, 1.82) is 0 Å². The van der Waals surface area contributed by atoms with E-state index in [2.05, 4.69) is 10.6 Å². The van der Waals surface area contributed by atoms with Crippen LogP contribution >= 0.6 is 0 Å². The van der Waals surface area contributed by atoms with Crippen LogP contribution < -0.4 is 15.4 Å². The summed E-state index contributed by atoms with van der Waals surface area (Å²) in [4.78, 5) is 24.8. The van der Waals surface area contributed by atoms with E-state index in [0.29, 0.717) is 23.5 Å². The predicted molar refractivity (Wildman–Crippen MR) is 108 cm³/mol. The van der Waals surface area contributed by atoms with Gasteiger partial charge in [-0.15, -0.1) is 0 Å². The van der Waals surface area contributed by atoms with Gasteiger partial charge in [-0.1, -0.05) is 18.2 Å². The summed E-state index contributed by atoms with van der Waals surface area (Å²) in [5.74, 6) is 0.0930. The van der Waals surface area contributed by atoms with Crippen molar-refractivity contribution in [2.75, 3.05) is 25.1 Å². The molecule has 0 saturated carbocycles. The van der Waals surface area contributed by atoms with Gasteiger partial charge in [-0.2, -0.15) is 0 Å². The molecule has 2 aromatic carbocycles. The van der Waals surface area contributed by atoms with E-state index in [-0.39, 0.29) is 24.5 Å². The fourth-order valence-electron chi connectivity index (χ4n) is 3.25. The van der Waals surface area contributed by atoms with Gasteiger partial charge >= 0.3 is 0 Å². The maximum atomic E-state index is 12.5. The largest absolute Gasteiger partial charge is 0.484 e. The van der Waals surface area contributed by atoms with Crippen LogP contribution in [0.4, 0.5) is 5.69 Å². The van der Waals surface area contributed by atoms with Gasteiger partial charge in [0.05, 0.1) is 17.4 Å². The second kappa shape index (κ2) is 9.37. The lowest BCUT2D eigenvalue weighted by Gasteiger charge is -2.14. The Morgan fingerprint density at radius 1 is 1.14 bits per heavy atom. The van der Waals surface area contributed by atoms with Gasteiger partial charge in [0.25, 0.3) is 11.8 Å². The van der Waals surface area contributed by atoms with Crippen LogP contribution in [0.5, 0.6) is 5.75 Å². The van der Waals surface area contributed by atoms with Gasteiger partial charge in [0, 0.05) is 13.2 Å².